The number of anilines is 1. The van der Waals surface area contributed by atoms with Crippen LogP contribution < -0.4 is 10.6 Å². The van der Waals surface area contributed by atoms with Gasteiger partial charge < -0.3 is 15.4 Å². The van der Waals surface area contributed by atoms with Crippen molar-refractivity contribution in [1.29, 1.82) is 0 Å². The van der Waals surface area contributed by atoms with Crippen molar-refractivity contribution in [3.05, 3.63) is 24.0 Å². The summed E-state index contributed by atoms with van der Waals surface area (Å²) in [4.78, 5) is 15.9. The van der Waals surface area contributed by atoms with Crippen LogP contribution >= 0.6 is 0 Å². The normalized spacial score (nSPS) is 19.5. The van der Waals surface area contributed by atoms with Gasteiger partial charge in [-0.05, 0) is 6.07 Å². The Morgan fingerprint density at radius 2 is 2.21 bits per heavy atom. The van der Waals surface area contributed by atoms with Crippen LogP contribution in [0.3, 0.4) is 0 Å². The summed E-state index contributed by atoms with van der Waals surface area (Å²) in [6, 6.07) is 1.03. The predicted octanol–water partition coefficient (Wildman–Crippen LogP) is 1.77. The average Bonchev–Trinajstić information content (AvgIpc) is 2.76. The van der Waals surface area contributed by atoms with E-state index in [4.69, 9.17) is 10.5 Å². The number of pyridine rings is 1. The molecule has 1 aromatic rings. The highest BCUT2D eigenvalue weighted by Crippen LogP contribution is 2.31. The van der Waals surface area contributed by atoms with Crippen LogP contribution in [0.15, 0.2) is 18.5 Å². The SMILES string of the molecule is NC(=O)O[C@@H]1CCN(c2cncc(C(F)(F)F)c2)C1. The van der Waals surface area contributed by atoms with Gasteiger partial charge in [0.1, 0.15) is 6.10 Å². The van der Waals surface area contributed by atoms with E-state index in [2.05, 4.69) is 4.98 Å². The van der Waals surface area contributed by atoms with Gasteiger partial charge in [0.25, 0.3) is 0 Å². The minimum Gasteiger partial charge on any atom is -0.444 e. The summed E-state index contributed by atoms with van der Waals surface area (Å²) in [6.45, 7) is 0.798. The third-order valence-corrected chi connectivity index (χ3v) is 2.84. The Bertz CT molecular complexity index is 478. The van der Waals surface area contributed by atoms with Crippen LogP contribution in [-0.4, -0.2) is 30.3 Å². The zero-order valence-corrected chi connectivity index (χ0v) is 9.85. The monoisotopic (exact) mass is 275 g/mol. The number of nitrogens with two attached hydrogens (primary N) is 1. The molecule has 5 nitrogen and oxygen atoms in total. The number of hydrogen-bond acceptors (Lipinski definition) is 4. The Hall–Kier alpha value is -1.99. The molecule has 0 radical (unpaired) electrons. The lowest BCUT2D eigenvalue weighted by atomic mass is 10.2. The van der Waals surface area contributed by atoms with Crippen LogP contribution in [0.2, 0.25) is 0 Å². The smallest absolute Gasteiger partial charge is 0.417 e. The number of carbonyl (C=O) groups is 1. The number of amides is 1. The van der Waals surface area contributed by atoms with Crippen LogP contribution in [0, 0.1) is 0 Å². The van der Waals surface area contributed by atoms with Crippen LogP contribution in [0.5, 0.6) is 0 Å². The average molecular weight is 275 g/mol. The molecule has 8 heteroatoms. The van der Waals surface area contributed by atoms with Crippen molar-refractivity contribution in [2.75, 3.05) is 18.0 Å². The first-order chi connectivity index (χ1) is 8.86. The van der Waals surface area contributed by atoms with Crippen LogP contribution in [0.1, 0.15) is 12.0 Å². The van der Waals surface area contributed by atoms with Gasteiger partial charge in [-0.3, -0.25) is 4.98 Å². The highest BCUT2D eigenvalue weighted by atomic mass is 19.4. The first-order valence-electron chi connectivity index (χ1n) is 5.59. The topological polar surface area (TPSA) is 68.5 Å². The van der Waals surface area contributed by atoms with Crippen molar-refractivity contribution in [3.8, 4) is 0 Å². The molecular formula is C11H12F3N3O2. The molecule has 1 atom stereocenters. The summed E-state index contributed by atoms with van der Waals surface area (Å²) in [5.74, 6) is 0. The Labute approximate surface area is 107 Å². The van der Waals surface area contributed by atoms with E-state index in [0.717, 1.165) is 12.3 Å². The lowest BCUT2D eigenvalue weighted by Crippen LogP contribution is -2.27. The predicted molar refractivity (Wildman–Crippen MR) is 60.5 cm³/mol. The Balaban J connectivity index is 2.09. The molecule has 0 unspecified atom stereocenters. The summed E-state index contributed by atoms with van der Waals surface area (Å²) in [7, 11) is 0. The van der Waals surface area contributed by atoms with Gasteiger partial charge in [-0.1, -0.05) is 0 Å². The van der Waals surface area contributed by atoms with Gasteiger partial charge in [-0.15, -0.1) is 0 Å². The quantitative estimate of drug-likeness (QED) is 0.893. The van der Waals surface area contributed by atoms with Crippen molar-refractivity contribution in [1.82, 2.24) is 4.98 Å². The van der Waals surface area contributed by atoms with E-state index in [1.54, 1.807) is 4.90 Å². The van der Waals surface area contributed by atoms with Gasteiger partial charge in [0, 0.05) is 19.2 Å². The second-order valence-corrected chi connectivity index (χ2v) is 4.22. The molecule has 0 spiro atoms. The maximum atomic E-state index is 12.6. The number of nitrogens with zero attached hydrogens (tertiary/aromatic N) is 2. The van der Waals surface area contributed by atoms with E-state index >= 15 is 0 Å². The number of halogens is 3. The van der Waals surface area contributed by atoms with Gasteiger partial charge in [0.15, 0.2) is 0 Å². The van der Waals surface area contributed by atoms with E-state index in [1.165, 1.54) is 6.20 Å². The summed E-state index contributed by atoms with van der Waals surface area (Å²) in [5, 5.41) is 0. The fraction of sp³-hybridized carbons (Fsp3) is 0.455. The number of rotatable bonds is 2. The van der Waals surface area contributed by atoms with Crippen LogP contribution in [0.4, 0.5) is 23.7 Å². The maximum Gasteiger partial charge on any atom is 0.417 e. The second-order valence-electron chi connectivity index (χ2n) is 4.22. The first kappa shape index (κ1) is 13.4. The molecule has 0 saturated carbocycles. The number of primary amides is 1. The summed E-state index contributed by atoms with van der Waals surface area (Å²) < 4.78 is 42.5. The Morgan fingerprint density at radius 1 is 1.47 bits per heavy atom. The van der Waals surface area contributed by atoms with Crippen LogP contribution in [0.25, 0.3) is 0 Å². The highest BCUT2D eigenvalue weighted by Gasteiger charge is 2.32. The largest absolute Gasteiger partial charge is 0.444 e. The van der Waals surface area contributed by atoms with E-state index in [1.807, 2.05) is 0 Å². The van der Waals surface area contributed by atoms with E-state index in [0.29, 0.717) is 25.2 Å². The lowest BCUT2D eigenvalue weighted by Gasteiger charge is -2.19. The fourth-order valence-corrected chi connectivity index (χ4v) is 1.98. The van der Waals surface area contributed by atoms with E-state index < -0.39 is 23.9 Å². The first-order valence-corrected chi connectivity index (χ1v) is 5.59. The van der Waals surface area contributed by atoms with Crippen molar-refractivity contribution in [2.45, 2.75) is 18.7 Å². The number of alkyl halides is 3. The van der Waals surface area contributed by atoms with Gasteiger partial charge in [-0.25, -0.2) is 4.79 Å². The van der Waals surface area contributed by atoms with Crippen molar-refractivity contribution < 1.29 is 22.7 Å². The lowest BCUT2D eigenvalue weighted by molar-refractivity contribution is -0.137. The van der Waals surface area contributed by atoms with E-state index in [-0.39, 0.29) is 0 Å². The summed E-state index contributed by atoms with van der Waals surface area (Å²) in [6.07, 6.45) is -3.05. The molecule has 0 aliphatic carbocycles. The molecule has 0 aromatic carbocycles. The Morgan fingerprint density at radius 3 is 2.84 bits per heavy atom. The third-order valence-electron chi connectivity index (χ3n) is 2.84. The maximum absolute atomic E-state index is 12.6. The van der Waals surface area contributed by atoms with Crippen molar-refractivity contribution in [2.24, 2.45) is 5.73 Å². The van der Waals surface area contributed by atoms with E-state index in [9.17, 15) is 18.0 Å². The van der Waals surface area contributed by atoms with Gasteiger partial charge in [0.05, 0.1) is 24.0 Å². The molecule has 1 amide bonds. The number of hydrogen-bond donors (Lipinski definition) is 1. The van der Waals surface area contributed by atoms with Gasteiger partial charge in [0.2, 0.25) is 0 Å². The number of carbonyl (C=O) groups excluding carboxylic acids is 1. The minimum atomic E-state index is -4.42. The minimum absolute atomic E-state index is 0.311. The molecule has 0 bridgehead atoms. The van der Waals surface area contributed by atoms with Gasteiger partial charge in [-0.2, -0.15) is 13.2 Å². The molecule has 2 rings (SSSR count). The number of ether oxygens (including phenoxy) is 1. The number of aromatic nitrogens is 1. The molecular weight excluding hydrogens is 263 g/mol. The molecule has 1 saturated heterocycles. The molecule has 104 valence electrons. The van der Waals surface area contributed by atoms with Crippen molar-refractivity contribution >= 4 is 11.8 Å². The molecule has 19 heavy (non-hydrogen) atoms. The molecule has 1 aromatic heterocycles. The zero-order chi connectivity index (χ0) is 14.0. The fourth-order valence-electron chi connectivity index (χ4n) is 1.98. The third kappa shape index (κ3) is 3.27. The van der Waals surface area contributed by atoms with Crippen molar-refractivity contribution in [3.63, 3.8) is 0 Å². The zero-order valence-electron chi connectivity index (χ0n) is 9.85. The molecule has 1 aliphatic heterocycles. The Kier molecular flexibility index (Phi) is 3.50. The molecule has 1 fully saturated rings. The summed E-state index contributed by atoms with van der Waals surface area (Å²) in [5.41, 5.74) is 4.45. The molecule has 2 heterocycles. The standard InChI is InChI=1S/C11H12F3N3O2/c12-11(13,14)7-3-8(5-16-4-7)17-2-1-9(6-17)19-10(15)18/h3-5,9H,1-2,6H2,(H2,15,18)/t9-/m1/s1. The highest BCUT2D eigenvalue weighted by molar-refractivity contribution is 5.65. The summed E-state index contributed by atoms with van der Waals surface area (Å²) >= 11 is 0. The molecule has 2 N–H and O–H groups in total. The van der Waals surface area contributed by atoms with Crippen LogP contribution in [-0.2, 0) is 10.9 Å². The second kappa shape index (κ2) is 4.94. The molecule has 1 aliphatic rings. The van der Waals surface area contributed by atoms with Gasteiger partial charge >= 0.3 is 12.3 Å².